The molecule has 0 aromatic carbocycles. The third-order valence-corrected chi connectivity index (χ3v) is 1.64. The third kappa shape index (κ3) is 3.75. The summed E-state index contributed by atoms with van der Waals surface area (Å²) in [5.41, 5.74) is 2.29. The van der Waals surface area contributed by atoms with Gasteiger partial charge < -0.3 is 0 Å². The predicted molar refractivity (Wildman–Crippen MR) is 61.7 cm³/mol. The minimum atomic E-state index is 0.995. The molecule has 0 heteroatoms. The van der Waals surface area contributed by atoms with E-state index in [9.17, 15) is 0 Å². The summed E-state index contributed by atoms with van der Waals surface area (Å²) < 4.78 is 0. The Morgan fingerprint density at radius 1 is 1.00 bits per heavy atom. The first-order valence-corrected chi connectivity index (χ1v) is 4.70. The Kier molecular flexibility index (Phi) is 6.62. The van der Waals surface area contributed by atoms with Crippen molar-refractivity contribution < 1.29 is 0 Å². The van der Waals surface area contributed by atoms with Gasteiger partial charge in [-0.1, -0.05) is 63.5 Å². The summed E-state index contributed by atoms with van der Waals surface area (Å²) in [6.07, 6.45) is 13.1. The summed E-state index contributed by atoms with van der Waals surface area (Å²) in [7, 11) is 0. The van der Waals surface area contributed by atoms with Crippen LogP contribution in [0.2, 0.25) is 0 Å². The molecule has 1 aliphatic carbocycles. The fourth-order valence-corrected chi connectivity index (χ4v) is 1.03. The lowest BCUT2D eigenvalue weighted by atomic mass is 10.1. The van der Waals surface area contributed by atoms with Gasteiger partial charge in [0.25, 0.3) is 0 Å². The Labute approximate surface area is 81.7 Å². The molecule has 0 aliphatic heterocycles. The van der Waals surface area contributed by atoms with Crippen molar-refractivity contribution in [1.29, 1.82) is 0 Å². The molecule has 0 aromatic rings. The number of hydrogen-bond acceptors (Lipinski definition) is 0. The smallest absolute Gasteiger partial charge is 0.0162 e. The van der Waals surface area contributed by atoms with Gasteiger partial charge in [0.15, 0.2) is 0 Å². The first-order valence-electron chi connectivity index (χ1n) is 4.70. The van der Waals surface area contributed by atoms with Crippen LogP contribution in [0.1, 0.15) is 20.3 Å². The molecule has 1 aliphatic rings. The van der Waals surface area contributed by atoms with Gasteiger partial charge in [-0.05, 0) is 17.6 Å². The number of rotatable bonds is 2. The van der Waals surface area contributed by atoms with E-state index in [0.717, 1.165) is 17.6 Å². The molecule has 13 heavy (non-hydrogen) atoms. The van der Waals surface area contributed by atoms with Crippen LogP contribution in [0.15, 0.2) is 60.8 Å². The first-order chi connectivity index (χ1) is 6.38. The molecule has 0 saturated heterocycles. The van der Waals surface area contributed by atoms with Crippen LogP contribution in [-0.4, -0.2) is 0 Å². The van der Waals surface area contributed by atoms with Crippen LogP contribution >= 0.6 is 0 Å². The summed E-state index contributed by atoms with van der Waals surface area (Å²) in [4.78, 5) is 0. The van der Waals surface area contributed by atoms with Gasteiger partial charge >= 0.3 is 0 Å². The molecule has 0 heterocycles. The highest BCUT2D eigenvalue weighted by atomic mass is 14.0. The van der Waals surface area contributed by atoms with E-state index in [0.29, 0.717) is 0 Å². The van der Waals surface area contributed by atoms with Gasteiger partial charge in [0, 0.05) is 0 Å². The Morgan fingerprint density at radius 2 is 1.38 bits per heavy atom. The Balaban J connectivity index is 0.000000671. The van der Waals surface area contributed by atoms with Gasteiger partial charge in [0.05, 0.1) is 0 Å². The molecule has 0 fully saturated rings. The second-order valence-corrected chi connectivity index (χ2v) is 2.36. The zero-order chi connectivity index (χ0) is 10.1. The highest BCUT2D eigenvalue weighted by Crippen LogP contribution is 2.14. The fourth-order valence-electron chi connectivity index (χ4n) is 1.03. The molecule has 70 valence electrons. The highest BCUT2D eigenvalue weighted by Gasteiger charge is 1.94. The maximum Gasteiger partial charge on any atom is -0.0162 e. The molecule has 0 saturated carbocycles. The van der Waals surface area contributed by atoms with Crippen LogP contribution < -0.4 is 0 Å². The molecule has 0 atom stereocenters. The van der Waals surface area contributed by atoms with Crippen molar-refractivity contribution in [3.63, 3.8) is 0 Å². The Morgan fingerprint density at radius 3 is 1.69 bits per heavy atom. The minimum absolute atomic E-state index is 0.995. The van der Waals surface area contributed by atoms with Crippen molar-refractivity contribution in [2.75, 3.05) is 0 Å². The molecular formula is C13H18. The third-order valence-electron chi connectivity index (χ3n) is 1.64. The summed E-state index contributed by atoms with van der Waals surface area (Å²) in [6, 6.07) is 0. The quantitative estimate of drug-likeness (QED) is 0.588. The van der Waals surface area contributed by atoms with E-state index in [-0.39, 0.29) is 0 Å². The molecule has 0 radical (unpaired) electrons. The van der Waals surface area contributed by atoms with Crippen molar-refractivity contribution in [2.45, 2.75) is 20.3 Å². The van der Waals surface area contributed by atoms with E-state index >= 15 is 0 Å². The Bertz CT molecular complexity index is 223. The van der Waals surface area contributed by atoms with Gasteiger partial charge in [-0.15, -0.1) is 0 Å². The summed E-state index contributed by atoms with van der Waals surface area (Å²) >= 11 is 0. The lowest BCUT2D eigenvalue weighted by Crippen LogP contribution is -1.76. The monoisotopic (exact) mass is 174 g/mol. The summed E-state index contributed by atoms with van der Waals surface area (Å²) in [5, 5.41) is 0. The normalized spacial score (nSPS) is 14.3. The van der Waals surface area contributed by atoms with Gasteiger partial charge in [0.2, 0.25) is 0 Å². The minimum Gasteiger partial charge on any atom is -0.0984 e. The van der Waals surface area contributed by atoms with Crippen molar-refractivity contribution in [3.8, 4) is 0 Å². The maximum absolute atomic E-state index is 3.73. The number of allylic oxidation sites excluding steroid dienone is 8. The van der Waals surface area contributed by atoms with Gasteiger partial charge in [0.1, 0.15) is 0 Å². The number of hydrogen-bond donors (Lipinski definition) is 0. The van der Waals surface area contributed by atoms with E-state index in [2.05, 4.69) is 37.5 Å². The van der Waals surface area contributed by atoms with Crippen molar-refractivity contribution >= 4 is 0 Å². The van der Waals surface area contributed by atoms with Crippen LogP contribution in [-0.2, 0) is 0 Å². The molecule has 0 spiro atoms. The van der Waals surface area contributed by atoms with E-state index in [1.54, 1.807) is 0 Å². The van der Waals surface area contributed by atoms with Crippen LogP contribution in [0.25, 0.3) is 0 Å². The SMILES string of the molecule is C=CC1=C(C=C)C=CCC=C1.CC. The van der Waals surface area contributed by atoms with Crippen molar-refractivity contribution in [3.05, 3.63) is 60.8 Å². The lowest BCUT2D eigenvalue weighted by Gasteiger charge is -1.95. The van der Waals surface area contributed by atoms with Crippen molar-refractivity contribution in [2.24, 2.45) is 0 Å². The molecule has 0 N–H and O–H groups in total. The average Bonchev–Trinajstić information content (AvgIpc) is 2.44. The van der Waals surface area contributed by atoms with Crippen LogP contribution in [0.5, 0.6) is 0 Å². The average molecular weight is 174 g/mol. The zero-order valence-electron chi connectivity index (χ0n) is 8.59. The van der Waals surface area contributed by atoms with E-state index < -0.39 is 0 Å². The summed E-state index contributed by atoms with van der Waals surface area (Å²) in [6.45, 7) is 11.5. The molecular weight excluding hydrogens is 156 g/mol. The second-order valence-electron chi connectivity index (χ2n) is 2.36. The largest absolute Gasteiger partial charge is 0.0984 e. The molecule has 1 rings (SSSR count). The molecule has 0 nitrogen and oxygen atoms in total. The molecule has 0 aromatic heterocycles. The topological polar surface area (TPSA) is 0 Å². The zero-order valence-corrected chi connectivity index (χ0v) is 8.59. The van der Waals surface area contributed by atoms with Crippen LogP contribution in [0.3, 0.4) is 0 Å². The van der Waals surface area contributed by atoms with E-state index in [4.69, 9.17) is 0 Å². The fraction of sp³-hybridized carbons (Fsp3) is 0.231. The van der Waals surface area contributed by atoms with Gasteiger partial charge in [-0.3, -0.25) is 0 Å². The second kappa shape index (κ2) is 7.35. The van der Waals surface area contributed by atoms with E-state index in [1.807, 2.05) is 26.0 Å². The lowest BCUT2D eigenvalue weighted by molar-refractivity contribution is 1.40. The molecule has 0 unspecified atom stereocenters. The van der Waals surface area contributed by atoms with Gasteiger partial charge in [-0.2, -0.15) is 0 Å². The first kappa shape index (κ1) is 11.7. The van der Waals surface area contributed by atoms with E-state index in [1.165, 1.54) is 0 Å². The summed E-state index contributed by atoms with van der Waals surface area (Å²) in [5.74, 6) is 0. The molecule has 0 bridgehead atoms. The van der Waals surface area contributed by atoms with Crippen LogP contribution in [0, 0.1) is 0 Å². The van der Waals surface area contributed by atoms with Gasteiger partial charge in [-0.25, -0.2) is 0 Å². The van der Waals surface area contributed by atoms with Crippen molar-refractivity contribution in [1.82, 2.24) is 0 Å². The standard InChI is InChI=1S/C11H12.C2H6/c1-3-10-8-6-5-7-9-11(10)4-2;1-2/h3-4,6-9H,1-2,5H2;1-2H3. The Hall–Kier alpha value is -1.30. The maximum atomic E-state index is 3.73. The highest BCUT2D eigenvalue weighted by molar-refractivity contribution is 5.46. The molecule has 0 amide bonds. The predicted octanol–water partition coefficient (Wildman–Crippen LogP) is 4.20. The van der Waals surface area contributed by atoms with Crippen LogP contribution in [0.4, 0.5) is 0 Å².